The maximum absolute atomic E-state index is 12.2. The molecular formula is C28H45N3O2. The first kappa shape index (κ1) is 25.8. The Labute approximate surface area is 201 Å². The predicted molar refractivity (Wildman–Crippen MR) is 136 cm³/mol. The molecule has 2 fully saturated rings. The van der Waals surface area contributed by atoms with Gasteiger partial charge in [-0.2, -0.15) is 0 Å². The number of carbonyl (C=O) groups is 1. The standard InChI is InChI=1S/C28H45N3O2/c1-5-30(17-9-12-25-10-7-6-8-11-25)27-13-16-28(20-27,31(23-32)24(2)3)22-29(4)21-26-14-18-33-19-15-26/h5-8,10-11,23-24,26-27H,1,9,12-22H2,2-4H3. The maximum atomic E-state index is 12.2. The zero-order valence-corrected chi connectivity index (χ0v) is 21.1. The monoisotopic (exact) mass is 455 g/mol. The summed E-state index contributed by atoms with van der Waals surface area (Å²) in [6, 6.07) is 11.4. The molecule has 5 nitrogen and oxygen atoms in total. The van der Waals surface area contributed by atoms with Crippen molar-refractivity contribution in [3.63, 3.8) is 0 Å². The molecule has 0 N–H and O–H groups in total. The van der Waals surface area contributed by atoms with Crippen molar-refractivity contribution in [1.29, 1.82) is 0 Å². The number of amides is 1. The molecule has 0 radical (unpaired) electrons. The van der Waals surface area contributed by atoms with Crippen LogP contribution in [0.1, 0.15) is 57.9 Å². The topological polar surface area (TPSA) is 36.0 Å². The van der Waals surface area contributed by atoms with Crippen molar-refractivity contribution in [2.45, 2.75) is 76.4 Å². The van der Waals surface area contributed by atoms with Gasteiger partial charge in [-0.3, -0.25) is 4.79 Å². The Balaban J connectivity index is 1.63. The molecule has 1 amide bonds. The van der Waals surface area contributed by atoms with Crippen molar-refractivity contribution >= 4 is 6.41 Å². The number of hydrogen-bond acceptors (Lipinski definition) is 4. The number of nitrogens with zero attached hydrogens (tertiary/aromatic N) is 3. The van der Waals surface area contributed by atoms with Gasteiger partial charge in [0.05, 0.1) is 5.54 Å². The highest BCUT2D eigenvalue weighted by Gasteiger charge is 2.46. The first-order valence-electron chi connectivity index (χ1n) is 12.9. The molecule has 0 spiro atoms. The van der Waals surface area contributed by atoms with E-state index in [4.69, 9.17) is 4.74 Å². The number of benzene rings is 1. The van der Waals surface area contributed by atoms with Gasteiger partial charge in [0.25, 0.3) is 0 Å². The van der Waals surface area contributed by atoms with Crippen LogP contribution in [0.3, 0.4) is 0 Å². The van der Waals surface area contributed by atoms with Crippen LogP contribution in [0.2, 0.25) is 0 Å². The molecule has 1 heterocycles. The minimum absolute atomic E-state index is 0.110. The van der Waals surface area contributed by atoms with Gasteiger partial charge in [0.2, 0.25) is 6.41 Å². The number of ether oxygens (including phenoxy) is 1. The molecule has 1 saturated carbocycles. The van der Waals surface area contributed by atoms with Crippen molar-refractivity contribution < 1.29 is 9.53 Å². The van der Waals surface area contributed by atoms with Crippen LogP contribution >= 0.6 is 0 Å². The van der Waals surface area contributed by atoms with E-state index in [1.54, 1.807) is 0 Å². The Morgan fingerprint density at radius 1 is 1.18 bits per heavy atom. The second-order valence-electron chi connectivity index (χ2n) is 10.5. The average Bonchev–Trinajstić information content (AvgIpc) is 3.22. The van der Waals surface area contributed by atoms with Gasteiger partial charge in [-0.15, -0.1) is 0 Å². The third-order valence-corrected chi connectivity index (χ3v) is 7.68. The van der Waals surface area contributed by atoms with E-state index in [2.05, 4.69) is 72.5 Å². The van der Waals surface area contributed by atoms with E-state index in [1.807, 2.05) is 6.20 Å². The second kappa shape index (κ2) is 12.6. The van der Waals surface area contributed by atoms with Crippen LogP contribution in [-0.4, -0.2) is 78.6 Å². The lowest BCUT2D eigenvalue weighted by Crippen LogP contribution is -2.56. The summed E-state index contributed by atoms with van der Waals surface area (Å²) >= 11 is 0. The molecule has 33 heavy (non-hydrogen) atoms. The highest BCUT2D eigenvalue weighted by atomic mass is 16.5. The Hall–Kier alpha value is -1.85. The molecule has 1 aliphatic heterocycles. The van der Waals surface area contributed by atoms with Crippen LogP contribution in [0.5, 0.6) is 0 Å². The van der Waals surface area contributed by atoms with Crippen molar-refractivity contribution in [3.8, 4) is 0 Å². The van der Waals surface area contributed by atoms with E-state index in [1.165, 1.54) is 5.56 Å². The van der Waals surface area contributed by atoms with Crippen LogP contribution in [0, 0.1) is 5.92 Å². The fourth-order valence-corrected chi connectivity index (χ4v) is 6.07. The third-order valence-electron chi connectivity index (χ3n) is 7.68. The van der Waals surface area contributed by atoms with Crippen LogP contribution < -0.4 is 0 Å². The number of aryl methyl sites for hydroxylation is 1. The fraction of sp³-hybridized carbons (Fsp3) is 0.679. The lowest BCUT2D eigenvalue weighted by atomic mass is 9.91. The molecule has 1 aromatic carbocycles. The van der Waals surface area contributed by atoms with Crippen LogP contribution in [0.4, 0.5) is 0 Å². The summed E-state index contributed by atoms with van der Waals surface area (Å²) < 4.78 is 5.55. The van der Waals surface area contributed by atoms with E-state index >= 15 is 0 Å². The van der Waals surface area contributed by atoms with Gasteiger partial charge in [0, 0.05) is 44.9 Å². The summed E-state index contributed by atoms with van der Waals surface area (Å²) in [5.41, 5.74) is 1.28. The van der Waals surface area contributed by atoms with E-state index in [-0.39, 0.29) is 11.6 Å². The average molecular weight is 456 g/mol. The molecule has 1 saturated heterocycles. The minimum Gasteiger partial charge on any atom is -0.381 e. The van der Waals surface area contributed by atoms with Crippen molar-refractivity contribution in [2.75, 3.05) is 39.9 Å². The first-order valence-corrected chi connectivity index (χ1v) is 12.9. The lowest BCUT2D eigenvalue weighted by molar-refractivity contribution is -0.127. The number of likely N-dealkylation sites (N-methyl/N-ethyl adjacent to an activating group) is 1. The maximum Gasteiger partial charge on any atom is 0.210 e. The summed E-state index contributed by atoms with van der Waals surface area (Å²) in [6.07, 6.45) is 10.8. The summed E-state index contributed by atoms with van der Waals surface area (Å²) in [5.74, 6) is 0.699. The Morgan fingerprint density at radius 3 is 2.55 bits per heavy atom. The highest BCUT2D eigenvalue weighted by Crippen LogP contribution is 2.39. The van der Waals surface area contributed by atoms with E-state index < -0.39 is 0 Å². The molecule has 1 aromatic rings. The van der Waals surface area contributed by atoms with Crippen LogP contribution in [0.25, 0.3) is 0 Å². The largest absolute Gasteiger partial charge is 0.381 e. The number of hydrogen-bond donors (Lipinski definition) is 0. The zero-order valence-electron chi connectivity index (χ0n) is 21.1. The quantitative estimate of drug-likeness (QED) is 0.408. The SMILES string of the molecule is C=CN(CCCc1ccccc1)C1CCC(CN(C)CC2CCOCC2)(N(C=O)C(C)C)C1. The van der Waals surface area contributed by atoms with Crippen LogP contribution in [-0.2, 0) is 16.0 Å². The van der Waals surface area contributed by atoms with Gasteiger partial charge in [-0.1, -0.05) is 36.9 Å². The third kappa shape index (κ3) is 7.07. The van der Waals surface area contributed by atoms with Crippen molar-refractivity contribution in [2.24, 2.45) is 5.92 Å². The molecule has 3 rings (SSSR count). The predicted octanol–water partition coefficient (Wildman–Crippen LogP) is 4.58. The molecule has 2 unspecified atom stereocenters. The van der Waals surface area contributed by atoms with Crippen LogP contribution in [0.15, 0.2) is 43.1 Å². The number of rotatable bonds is 13. The molecule has 0 bridgehead atoms. The normalized spacial score (nSPS) is 23.7. The Kier molecular flexibility index (Phi) is 9.81. The fourth-order valence-electron chi connectivity index (χ4n) is 6.07. The molecular weight excluding hydrogens is 410 g/mol. The van der Waals surface area contributed by atoms with Gasteiger partial charge in [-0.25, -0.2) is 0 Å². The van der Waals surface area contributed by atoms with Crippen molar-refractivity contribution in [1.82, 2.24) is 14.7 Å². The summed E-state index contributed by atoms with van der Waals surface area (Å²) in [5, 5.41) is 0. The highest BCUT2D eigenvalue weighted by molar-refractivity contribution is 5.50. The van der Waals surface area contributed by atoms with E-state index in [0.29, 0.717) is 12.0 Å². The van der Waals surface area contributed by atoms with Gasteiger partial charge >= 0.3 is 0 Å². The molecule has 5 heteroatoms. The first-order chi connectivity index (χ1) is 16.0. The minimum atomic E-state index is -0.110. The molecule has 184 valence electrons. The van der Waals surface area contributed by atoms with Gasteiger partial charge in [0.15, 0.2) is 0 Å². The van der Waals surface area contributed by atoms with Crippen molar-refractivity contribution in [3.05, 3.63) is 48.7 Å². The van der Waals surface area contributed by atoms with Gasteiger partial charge < -0.3 is 19.4 Å². The number of carbonyl (C=O) groups excluding carboxylic acids is 1. The lowest BCUT2D eigenvalue weighted by Gasteiger charge is -2.45. The van der Waals surface area contributed by atoms with E-state index in [0.717, 1.165) is 84.2 Å². The molecule has 1 aliphatic carbocycles. The molecule has 2 atom stereocenters. The smallest absolute Gasteiger partial charge is 0.210 e. The van der Waals surface area contributed by atoms with Gasteiger partial charge in [-0.05, 0) is 83.5 Å². The summed E-state index contributed by atoms with van der Waals surface area (Å²) in [6.45, 7) is 13.2. The zero-order chi connectivity index (χ0) is 23.7. The second-order valence-corrected chi connectivity index (χ2v) is 10.5. The Bertz CT molecular complexity index is 719. The summed E-state index contributed by atoms with van der Waals surface area (Å²) in [7, 11) is 2.24. The Morgan fingerprint density at radius 2 is 1.91 bits per heavy atom. The summed E-state index contributed by atoms with van der Waals surface area (Å²) in [4.78, 5) is 19.3. The molecule has 0 aromatic heterocycles. The molecule has 2 aliphatic rings. The van der Waals surface area contributed by atoms with E-state index in [9.17, 15) is 4.79 Å². The van der Waals surface area contributed by atoms with Gasteiger partial charge in [0.1, 0.15) is 0 Å².